The molecule has 0 saturated heterocycles. The van der Waals surface area contributed by atoms with Crippen molar-refractivity contribution in [1.29, 1.82) is 0 Å². The van der Waals surface area contributed by atoms with Crippen molar-refractivity contribution in [3.63, 3.8) is 0 Å². The van der Waals surface area contributed by atoms with E-state index in [4.69, 9.17) is 4.42 Å². The summed E-state index contributed by atoms with van der Waals surface area (Å²) in [5, 5.41) is 11.1. The summed E-state index contributed by atoms with van der Waals surface area (Å²) in [6.45, 7) is 3.86. The summed E-state index contributed by atoms with van der Waals surface area (Å²) in [5.41, 5.74) is 2.60. The van der Waals surface area contributed by atoms with Crippen molar-refractivity contribution in [3.8, 4) is 5.75 Å². The molecule has 0 radical (unpaired) electrons. The summed E-state index contributed by atoms with van der Waals surface area (Å²) in [4.78, 5) is 16.5. The number of phenolic OH excluding ortho intramolecular Hbond substituents is 1. The number of aryl methyl sites for hydroxylation is 2. The first-order chi connectivity index (χ1) is 10.6. The van der Waals surface area contributed by atoms with E-state index < -0.39 is 0 Å². The molecule has 4 heteroatoms. The van der Waals surface area contributed by atoms with Gasteiger partial charge < -0.3 is 9.52 Å². The first-order valence-corrected chi connectivity index (χ1v) is 7.32. The molecule has 22 heavy (non-hydrogen) atoms. The molecule has 0 fully saturated rings. The number of rotatable bonds is 4. The Kier molecular flexibility index (Phi) is 3.67. The summed E-state index contributed by atoms with van der Waals surface area (Å²) in [6, 6.07) is 6.97. The minimum Gasteiger partial charge on any atom is -0.507 e. The smallest absolute Gasteiger partial charge is 0.228 e. The number of benzene rings is 1. The molecule has 2 heterocycles. The van der Waals surface area contributed by atoms with Gasteiger partial charge in [-0.15, -0.1) is 0 Å². The van der Waals surface area contributed by atoms with Gasteiger partial charge in [-0.05, 0) is 37.1 Å². The molecule has 0 unspecified atom stereocenters. The van der Waals surface area contributed by atoms with Gasteiger partial charge in [0.1, 0.15) is 11.3 Å². The van der Waals surface area contributed by atoms with Crippen molar-refractivity contribution in [1.82, 2.24) is 4.98 Å². The van der Waals surface area contributed by atoms with Gasteiger partial charge in [0.2, 0.25) is 5.78 Å². The number of phenols is 1. The monoisotopic (exact) mass is 295 g/mol. The van der Waals surface area contributed by atoms with Gasteiger partial charge in [-0.25, -0.2) is 0 Å². The third-order valence-electron chi connectivity index (χ3n) is 3.82. The number of aromatic nitrogens is 1. The van der Waals surface area contributed by atoms with Crippen molar-refractivity contribution in [2.75, 3.05) is 0 Å². The predicted molar refractivity (Wildman–Crippen MR) is 84.3 cm³/mol. The Morgan fingerprint density at radius 3 is 2.64 bits per heavy atom. The maximum absolute atomic E-state index is 12.6. The largest absolute Gasteiger partial charge is 0.507 e. The number of pyridine rings is 1. The molecule has 0 bridgehead atoms. The summed E-state index contributed by atoms with van der Waals surface area (Å²) in [5.74, 6) is 0.284. The van der Waals surface area contributed by atoms with Crippen LogP contribution >= 0.6 is 0 Å². The summed E-state index contributed by atoms with van der Waals surface area (Å²) >= 11 is 0. The van der Waals surface area contributed by atoms with Gasteiger partial charge in [-0.2, -0.15) is 0 Å². The Balaban J connectivity index is 2.15. The molecule has 0 saturated carbocycles. The van der Waals surface area contributed by atoms with Crippen LogP contribution in [0.5, 0.6) is 5.75 Å². The molecular weight excluding hydrogens is 278 g/mol. The van der Waals surface area contributed by atoms with Crippen LogP contribution in [0.25, 0.3) is 11.0 Å². The molecule has 0 aliphatic heterocycles. The van der Waals surface area contributed by atoms with Crippen LogP contribution < -0.4 is 0 Å². The second kappa shape index (κ2) is 5.64. The fraction of sp³-hybridized carbons (Fsp3) is 0.222. The summed E-state index contributed by atoms with van der Waals surface area (Å²) < 4.78 is 5.70. The van der Waals surface area contributed by atoms with Gasteiger partial charge in [0.05, 0.1) is 5.39 Å². The number of carbonyl (C=O) groups is 1. The number of hydrogen-bond acceptors (Lipinski definition) is 4. The lowest BCUT2D eigenvalue weighted by Crippen LogP contribution is -2.01. The number of fused-ring (bicyclic) bond motifs is 1. The van der Waals surface area contributed by atoms with Crippen LogP contribution in [0, 0.1) is 6.92 Å². The molecule has 0 aliphatic carbocycles. The maximum Gasteiger partial charge on any atom is 0.228 e. The zero-order chi connectivity index (χ0) is 15.7. The highest BCUT2D eigenvalue weighted by molar-refractivity contribution is 6.11. The summed E-state index contributed by atoms with van der Waals surface area (Å²) in [7, 11) is 0. The minimum absolute atomic E-state index is 0.201. The van der Waals surface area contributed by atoms with E-state index in [-0.39, 0.29) is 17.3 Å². The molecule has 0 atom stereocenters. The molecule has 1 aromatic carbocycles. The molecule has 4 nitrogen and oxygen atoms in total. The van der Waals surface area contributed by atoms with E-state index in [0.717, 1.165) is 18.4 Å². The zero-order valence-corrected chi connectivity index (χ0v) is 12.6. The van der Waals surface area contributed by atoms with Crippen LogP contribution in [0.15, 0.2) is 41.1 Å². The second-order valence-corrected chi connectivity index (χ2v) is 5.32. The quantitative estimate of drug-likeness (QED) is 0.738. The molecule has 1 N–H and O–H groups in total. The normalized spacial score (nSPS) is 11.0. The molecule has 0 amide bonds. The van der Waals surface area contributed by atoms with Crippen LogP contribution in [-0.2, 0) is 6.42 Å². The van der Waals surface area contributed by atoms with Crippen LogP contribution in [0.4, 0.5) is 0 Å². The van der Waals surface area contributed by atoms with Gasteiger partial charge in [-0.1, -0.05) is 19.4 Å². The Morgan fingerprint density at radius 1 is 1.23 bits per heavy atom. The second-order valence-electron chi connectivity index (χ2n) is 5.32. The maximum atomic E-state index is 12.6. The number of nitrogens with zero attached hydrogens (tertiary/aromatic N) is 1. The molecule has 2 aromatic heterocycles. The van der Waals surface area contributed by atoms with Gasteiger partial charge in [-0.3, -0.25) is 9.78 Å². The number of aromatic hydroxyl groups is 1. The third kappa shape index (κ3) is 2.26. The number of carbonyl (C=O) groups excluding carboxylic acids is 1. The Hall–Kier alpha value is -2.62. The average Bonchev–Trinajstić information content (AvgIpc) is 2.88. The number of ketones is 1. The van der Waals surface area contributed by atoms with Crippen molar-refractivity contribution >= 4 is 16.8 Å². The van der Waals surface area contributed by atoms with E-state index in [0.29, 0.717) is 22.1 Å². The SMILES string of the molecule is CCCc1ccc2oc(C(=O)c3ccncc3)c(C)c2c1O. The predicted octanol–water partition coefficient (Wildman–Crippen LogP) is 4.03. The van der Waals surface area contributed by atoms with E-state index >= 15 is 0 Å². The van der Waals surface area contributed by atoms with Gasteiger partial charge in [0, 0.05) is 23.5 Å². The van der Waals surface area contributed by atoms with E-state index in [1.165, 1.54) is 0 Å². The number of hydrogen-bond donors (Lipinski definition) is 1. The lowest BCUT2D eigenvalue weighted by atomic mass is 10.0. The van der Waals surface area contributed by atoms with Gasteiger partial charge in [0.15, 0.2) is 5.76 Å². The summed E-state index contributed by atoms with van der Waals surface area (Å²) in [6.07, 6.45) is 4.88. The highest BCUT2D eigenvalue weighted by Crippen LogP contribution is 2.36. The Labute approximate surface area is 128 Å². The topological polar surface area (TPSA) is 63.3 Å². The van der Waals surface area contributed by atoms with E-state index in [1.54, 1.807) is 31.5 Å². The van der Waals surface area contributed by atoms with E-state index in [9.17, 15) is 9.90 Å². The molecule has 0 spiro atoms. The lowest BCUT2D eigenvalue weighted by Gasteiger charge is -2.03. The van der Waals surface area contributed by atoms with E-state index in [1.807, 2.05) is 12.1 Å². The van der Waals surface area contributed by atoms with Crippen molar-refractivity contribution < 1.29 is 14.3 Å². The molecular formula is C18H17NO3. The molecule has 0 aliphatic rings. The standard InChI is InChI=1S/C18H17NO3/c1-3-4-12-5-6-14-15(16(12)20)11(2)18(22-14)17(21)13-7-9-19-10-8-13/h5-10,20H,3-4H2,1-2H3. The Morgan fingerprint density at radius 2 is 1.95 bits per heavy atom. The fourth-order valence-corrected chi connectivity index (χ4v) is 2.69. The van der Waals surface area contributed by atoms with Gasteiger partial charge >= 0.3 is 0 Å². The third-order valence-corrected chi connectivity index (χ3v) is 3.82. The average molecular weight is 295 g/mol. The molecule has 112 valence electrons. The first kappa shape index (κ1) is 14.3. The molecule has 3 rings (SSSR count). The highest BCUT2D eigenvalue weighted by Gasteiger charge is 2.22. The van der Waals surface area contributed by atoms with E-state index in [2.05, 4.69) is 11.9 Å². The van der Waals surface area contributed by atoms with Crippen LogP contribution in [-0.4, -0.2) is 15.9 Å². The van der Waals surface area contributed by atoms with Crippen molar-refractivity contribution in [3.05, 3.63) is 59.1 Å². The number of furan rings is 1. The fourth-order valence-electron chi connectivity index (χ4n) is 2.69. The van der Waals surface area contributed by atoms with Gasteiger partial charge in [0.25, 0.3) is 0 Å². The van der Waals surface area contributed by atoms with Crippen LogP contribution in [0.3, 0.4) is 0 Å². The van der Waals surface area contributed by atoms with Crippen LogP contribution in [0.2, 0.25) is 0 Å². The lowest BCUT2D eigenvalue weighted by molar-refractivity contribution is 0.101. The first-order valence-electron chi connectivity index (χ1n) is 7.32. The molecule has 3 aromatic rings. The van der Waals surface area contributed by atoms with Crippen LogP contribution in [0.1, 0.15) is 40.6 Å². The van der Waals surface area contributed by atoms with Crippen molar-refractivity contribution in [2.45, 2.75) is 26.7 Å². The zero-order valence-electron chi connectivity index (χ0n) is 12.6. The highest BCUT2D eigenvalue weighted by atomic mass is 16.3. The minimum atomic E-state index is -0.201. The Bertz CT molecular complexity index is 834. The van der Waals surface area contributed by atoms with Crippen molar-refractivity contribution in [2.24, 2.45) is 0 Å².